The van der Waals surface area contributed by atoms with Gasteiger partial charge < -0.3 is 4.74 Å². The van der Waals surface area contributed by atoms with E-state index in [1.165, 1.54) is 19.3 Å². The van der Waals surface area contributed by atoms with Gasteiger partial charge in [0.15, 0.2) is 0 Å². The maximum Gasteiger partial charge on any atom is 0.0809 e. The maximum atomic E-state index is 5.82. The van der Waals surface area contributed by atoms with Crippen LogP contribution in [0.2, 0.25) is 0 Å². The number of hydrogen-bond donors (Lipinski definition) is 0. The molecule has 1 saturated carbocycles. The zero-order valence-corrected chi connectivity index (χ0v) is 8.31. The van der Waals surface area contributed by atoms with E-state index in [2.05, 4.69) is 16.7 Å². The molecule has 0 bridgehead atoms. The molecule has 0 aromatic rings. The third-order valence-electron chi connectivity index (χ3n) is 3.07. The van der Waals surface area contributed by atoms with Crippen molar-refractivity contribution in [2.75, 3.05) is 26.2 Å². The lowest BCUT2D eigenvalue weighted by Crippen LogP contribution is -2.55. The second-order valence-corrected chi connectivity index (χ2v) is 4.02. The molecule has 0 unspecified atom stereocenters. The maximum absolute atomic E-state index is 5.82. The third-order valence-corrected chi connectivity index (χ3v) is 3.07. The number of morpholine rings is 1. The van der Waals surface area contributed by atoms with Crippen LogP contribution in [0.4, 0.5) is 0 Å². The molecular weight excluding hydrogens is 162 g/mol. The van der Waals surface area contributed by atoms with Crippen LogP contribution in [0.15, 0.2) is 0 Å². The van der Waals surface area contributed by atoms with Crippen molar-refractivity contribution in [1.29, 1.82) is 0 Å². The molecular formula is C11H17NO. The molecule has 1 spiro atoms. The van der Waals surface area contributed by atoms with Crippen LogP contribution in [-0.4, -0.2) is 36.7 Å². The lowest BCUT2D eigenvalue weighted by molar-refractivity contribution is -0.148. The molecule has 0 aromatic carbocycles. The van der Waals surface area contributed by atoms with E-state index in [0.717, 1.165) is 26.2 Å². The highest BCUT2D eigenvalue weighted by molar-refractivity contribution is 5.01. The summed E-state index contributed by atoms with van der Waals surface area (Å²) in [6.45, 7) is 5.87. The van der Waals surface area contributed by atoms with Gasteiger partial charge in [0.05, 0.1) is 18.8 Å². The highest BCUT2D eigenvalue weighted by Gasteiger charge is 2.41. The van der Waals surface area contributed by atoms with E-state index < -0.39 is 0 Å². The molecule has 1 saturated heterocycles. The first kappa shape index (κ1) is 9.05. The fourth-order valence-corrected chi connectivity index (χ4v) is 2.12. The summed E-state index contributed by atoms with van der Waals surface area (Å²) >= 11 is 0. The van der Waals surface area contributed by atoms with Crippen LogP contribution in [0.3, 0.4) is 0 Å². The molecule has 0 aromatic heterocycles. The molecule has 2 rings (SSSR count). The number of rotatable bonds is 1. The molecule has 2 aliphatic rings. The highest BCUT2D eigenvalue weighted by Crippen LogP contribution is 2.37. The Bertz CT molecular complexity index is 234. The summed E-state index contributed by atoms with van der Waals surface area (Å²) in [6, 6.07) is 0. The minimum absolute atomic E-state index is 0.230. The molecule has 2 fully saturated rings. The number of nitrogens with zero attached hydrogens (tertiary/aromatic N) is 1. The normalized spacial score (nSPS) is 26.2. The van der Waals surface area contributed by atoms with Crippen molar-refractivity contribution in [2.24, 2.45) is 0 Å². The van der Waals surface area contributed by atoms with E-state index in [9.17, 15) is 0 Å². The van der Waals surface area contributed by atoms with Crippen molar-refractivity contribution in [1.82, 2.24) is 4.90 Å². The van der Waals surface area contributed by atoms with Crippen molar-refractivity contribution in [3.05, 3.63) is 0 Å². The molecule has 1 aliphatic heterocycles. The van der Waals surface area contributed by atoms with Crippen LogP contribution in [0.5, 0.6) is 0 Å². The van der Waals surface area contributed by atoms with Gasteiger partial charge >= 0.3 is 0 Å². The van der Waals surface area contributed by atoms with Gasteiger partial charge in [-0.05, 0) is 26.2 Å². The van der Waals surface area contributed by atoms with Gasteiger partial charge in [0, 0.05) is 13.1 Å². The lowest BCUT2D eigenvalue weighted by Gasteiger charge is -2.48. The van der Waals surface area contributed by atoms with E-state index in [0.29, 0.717) is 0 Å². The molecule has 72 valence electrons. The quantitative estimate of drug-likeness (QED) is 0.562. The first-order chi connectivity index (χ1) is 6.35. The summed E-state index contributed by atoms with van der Waals surface area (Å²) in [5, 5.41) is 0. The van der Waals surface area contributed by atoms with Gasteiger partial charge in [0.25, 0.3) is 0 Å². The first-order valence-corrected chi connectivity index (χ1v) is 5.11. The van der Waals surface area contributed by atoms with Crippen LogP contribution >= 0.6 is 0 Å². The Morgan fingerprint density at radius 3 is 2.92 bits per heavy atom. The average Bonchev–Trinajstić information content (AvgIpc) is 2.13. The smallest absolute Gasteiger partial charge is 0.0809 e. The van der Waals surface area contributed by atoms with E-state index in [1.807, 2.05) is 6.92 Å². The number of hydrogen-bond acceptors (Lipinski definition) is 2. The summed E-state index contributed by atoms with van der Waals surface area (Å²) < 4.78 is 5.82. The summed E-state index contributed by atoms with van der Waals surface area (Å²) in [7, 11) is 0. The predicted molar refractivity (Wildman–Crippen MR) is 52.4 cm³/mol. The van der Waals surface area contributed by atoms with Crippen molar-refractivity contribution in [3.63, 3.8) is 0 Å². The van der Waals surface area contributed by atoms with Gasteiger partial charge in [-0.2, -0.15) is 0 Å². The Balaban J connectivity index is 1.87. The zero-order valence-electron chi connectivity index (χ0n) is 8.31. The Morgan fingerprint density at radius 1 is 1.46 bits per heavy atom. The fourth-order valence-electron chi connectivity index (χ4n) is 2.12. The average molecular weight is 179 g/mol. The topological polar surface area (TPSA) is 12.5 Å². The van der Waals surface area contributed by atoms with Crippen LogP contribution < -0.4 is 0 Å². The first-order valence-electron chi connectivity index (χ1n) is 5.11. The minimum atomic E-state index is 0.230. The summed E-state index contributed by atoms with van der Waals surface area (Å²) in [4.78, 5) is 2.42. The molecule has 0 amide bonds. The predicted octanol–water partition coefficient (Wildman–Crippen LogP) is 1.26. The molecule has 0 atom stereocenters. The number of ether oxygens (including phenoxy) is 1. The summed E-state index contributed by atoms with van der Waals surface area (Å²) in [5.74, 6) is 6.07. The summed E-state index contributed by atoms with van der Waals surface area (Å²) in [6.07, 6.45) is 3.85. The SMILES string of the molecule is CC#CCN1CCOC2(CCC2)C1. The molecule has 1 heterocycles. The third kappa shape index (κ3) is 1.87. The lowest BCUT2D eigenvalue weighted by atomic mass is 9.79. The Morgan fingerprint density at radius 2 is 2.31 bits per heavy atom. The van der Waals surface area contributed by atoms with Crippen LogP contribution in [0.1, 0.15) is 26.2 Å². The highest BCUT2D eigenvalue weighted by atomic mass is 16.5. The fraction of sp³-hybridized carbons (Fsp3) is 0.818. The van der Waals surface area contributed by atoms with Gasteiger partial charge in [-0.1, -0.05) is 5.92 Å². The van der Waals surface area contributed by atoms with Gasteiger partial charge in [0.1, 0.15) is 0 Å². The van der Waals surface area contributed by atoms with Crippen molar-refractivity contribution in [3.8, 4) is 11.8 Å². The van der Waals surface area contributed by atoms with Crippen molar-refractivity contribution in [2.45, 2.75) is 31.8 Å². The van der Waals surface area contributed by atoms with Crippen LogP contribution in [0.25, 0.3) is 0 Å². The molecule has 2 nitrogen and oxygen atoms in total. The molecule has 1 aliphatic carbocycles. The standard InChI is InChI=1S/C11H17NO/c1-2-3-7-12-8-9-13-11(10-12)5-4-6-11/h4-10H2,1H3. The monoisotopic (exact) mass is 179 g/mol. The van der Waals surface area contributed by atoms with Gasteiger partial charge in [-0.15, -0.1) is 5.92 Å². The molecule has 2 heteroatoms. The summed E-state index contributed by atoms with van der Waals surface area (Å²) in [5.41, 5.74) is 0.230. The van der Waals surface area contributed by atoms with Crippen molar-refractivity contribution >= 4 is 0 Å². The Labute approximate surface area is 80.2 Å². The van der Waals surface area contributed by atoms with Crippen molar-refractivity contribution < 1.29 is 4.74 Å². The largest absolute Gasteiger partial charge is 0.372 e. The Hall–Kier alpha value is -0.520. The van der Waals surface area contributed by atoms with Gasteiger partial charge in [-0.3, -0.25) is 4.90 Å². The van der Waals surface area contributed by atoms with Crippen LogP contribution in [-0.2, 0) is 4.74 Å². The zero-order chi connectivity index (χ0) is 9.15. The van der Waals surface area contributed by atoms with E-state index in [1.54, 1.807) is 0 Å². The van der Waals surface area contributed by atoms with Crippen LogP contribution in [0, 0.1) is 11.8 Å². The molecule has 13 heavy (non-hydrogen) atoms. The van der Waals surface area contributed by atoms with E-state index >= 15 is 0 Å². The Kier molecular flexibility index (Phi) is 2.57. The van der Waals surface area contributed by atoms with E-state index in [-0.39, 0.29) is 5.60 Å². The molecule has 0 radical (unpaired) electrons. The van der Waals surface area contributed by atoms with Gasteiger partial charge in [0.2, 0.25) is 0 Å². The minimum Gasteiger partial charge on any atom is -0.372 e. The second kappa shape index (κ2) is 3.69. The van der Waals surface area contributed by atoms with Gasteiger partial charge in [-0.25, -0.2) is 0 Å². The van der Waals surface area contributed by atoms with E-state index in [4.69, 9.17) is 4.74 Å². The second-order valence-electron chi connectivity index (χ2n) is 4.02. The molecule has 0 N–H and O–H groups in total.